The number of hydrogen-bond donors (Lipinski definition) is 1. The van der Waals surface area contributed by atoms with Gasteiger partial charge >= 0.3 is 0 Å². The van der Waals surface area contributed by atoms with E-state index in [4.69, 9.17) is 0 Å². The maximum Gasteiger partial charge on any atom is 0.245 e. The highest BCUT2D eigenvalue weighted by molar-refractivity contribution is 5.89. The Morgan fingerprint density at radius 1 is 1.50 bits per heavy atom. The van der Waals surface area contributed by atoms with Crippen molar-refractivity contribution in [1.82, 2.24) is 19.3 Å². The summed E-state index contributed by atoms with van der Waals surface area (Å²) >= 11 is 0. The standard InChI is InChI=1S/C10H13N5O/c1-8-11-5-6-15(8)7-10(16)13-9-3-4-12-14(9)2/h3-6H,7H2,1-2H3,(H,13,16). The summed E-state index contributed by atoms with van der Waals surface area (Å²) in [7, 11) is 1.78. The molecule has 0 radical (unpaired) electrons. The van der Waals surface area contributed by atoms with Crippen LogP contribution in [0.5, 0.6) is 0 Å². The van der Waals surface area contributed by atoms with Crippen molar-refractivity contribution in [2.75, 3.05) is 5.32 Å². The minimum Gasteiger partial charge on any atom is -0.326 e. The zero-order chi connectivity index (χ0) is 11.5. The Morgan fingerprint density at radius 3 is 2.88 bits per heavy atom. The van der Waals surface area contributed by atoms with Crippen LogP contribution in [0.4, 0.5) is 5.82 Å². The third-order valence-electron chi connectivity index (χ3n) is 2.33. The molecule has 0 aliphatic carbocycles. The van der Waals surface area contributed by atoms with E-state index < -0.39 is 0 Å². The van der Waals surface area contributed by atoms with Gasteiger partial charge in [0.25, 0.3) is 0 Å². The molecule has 0 unspecified atom stereocenters. The number of imidazole rings is 1. The second kappa shape index (κ2) is 4.18. The normalized spacial score (nSPS) is 10.4. The van der Waals surface area contributed by atoms with Crippen LogP contribution in [0.25, 0.3) is 0 Å². The Bertz CT molecular complexity index is 455. The van der Waals surface area contributed by atoms with E-state index in [2.05, 4.69) is 15.4 Å². The molecule has 1 amide bonds. The molecule has 0 bridgehead atoms. The molecule has 0 saturated heterocycles. The number of carbonyl (C=O) groups is 1. The molecular weight excluding hydrogens is 206 g/mol. The fourth-order valence-electron chi connectivity index (χ4n) is 1.40. The highest BCUT2D eigenvalue weighted by Gasteiger charge is 2.07. The van der Waals surface area contributed by atoms with Gasteiger partial charge in [0.2, 0.25) is 5.91 Å². The van der Waals surface area contributed by atoms with E-state index >= 15 is 0 Å². The number of carbonyl (C=O) groups excluding carboxylic acids is 1. The van der Waals surface area contributed by atoms with Crippen molar-refractivity contribution >= 4 is 11.7 Å². The van der Waals surface area contributed by atoms with Gasteiger partial charge in [-0.05, 0) is 6.92 Å². The van der Waals surface area contributed by atoms with Crippen molar-refractivity contribution in [3.8, 4) is 0 Å². The summed E-state index contributed by atoms with van der Waals surface area (Å²) in [5.41, 5.74) is 0. The van der Waals surface area contributed by atoms with Crippen LogP contribution in [-0.2, 0) is 18.4 Å². The number of hydrogen-bond acceptors (Lipinski definition) is 3. The minimum absolute atomic E-state index is 0.0929. The molecular formula is C10H13N5O. The third kappa shape index (κ3) is 2.10. The van der Waals surface area contributed by atoms with Crippen molar-refractivity contribution in [2.45, 2.75) is 13.5 Å². The van der Waals surface area contributed by atoms with Crippen LogP contribution in [0.1, 0.15) is 5.82 Å². The summed E-state index contributed by atoms with van der Waals surface area (Å²) < 4.78 is 3.39. The summed E-state index contributed by atoms with van der Waals surface area (Å²) in [4.78, 5) is 15.7. The molecule has 84 valence electrons. The number of amides is 1. The van der Waals surface area contributed by atoms with Crippen LogP contribution in [-0.4, -0.2) is 25.2 Å². The number of nitrogens with zero attached hydrogens (tertiary/aromatic N) is 4. The van der Waals surface area contributed by atoms with Gasteiger partial charge in [-0.25, -0.2) is 4.98 Å². The smallest absolute Gasteiger partial charge is 0.245 e. The van der Waals surface area contributed by atoms with Crippen molar-refractivity contribution in [3.63, 3.8) is 0 Å². The van der Waals surface area contributed by atoms with Crippen LogP contribution in [0.2, 0.25) is 0 Å². The summed E-state index contributed by atoms with van der Waals surface area (Å²) in [6.45, 7) is 2.12. The van der Waals surface area contributed by atoms with E-state index in [1.54, 1.807) is 41.0 Å². The monoisotopic (exact) mass is 219 g/mol. The van der Waals surface area contributed by atoms with E-state index in [0.29, 0.717) is 5.82 Å². The van der Waals surface area contributed by atoms with Gasteiger partial charge < -0.3 is 9.88 Å². The molecule has 0 aliphatic heterocycles. The summed E-state index contributed by atoms with van der Waals surface area (Å²) in [5, 5.41) is 6.74. The lowest BCUT2D eigenvalue weighted by Crippen LogP contribution is -2.20. The van der Waals surface area contributed by atoms with Gasteiger partial charge in [0.05, 0.1) is 6.20 Å². The maximum absolute atomic E-state index is 11.7. The maximum atomic E-state index is 11.7. The van der Waals surface area contributed by atoms with Crippen molar-refractivity contribution < 1.29 is 4.79 Å². The first kappa shape index (κ1) is 10.4. The lowest BCUT2D eigenvalue weighted by Gasteiger charge is -2.06. The molecule has 2 heterocycles. The first-order valence-electron chi connectivity index (χ1n) is 4.92. The fraction of sp³-hybridized carbons (Fsp3) is 0.300. The van der Waals surface area contributed by atoms with Crippen LogP contribution in [0, 0.1) is 6.92 Å². The van der Waals surface area contributed by atoms with E-state index in [1.165, 1.54) is 0 Å². The largest absolute Gasteiger partial charge is 0.326 e. The van der Waals surface area contributed by atoms with Crippen LogP contribution < -0.4 is 5.32 Å². The fourth-order valence-corrected chi connectivity index (χ4v) is 1.40. The summed E-state index contributed by atoms with van der Waals surface area (Å²) in [6.07, 6.45) is 5.09. The number of anilines is 1. The molecule has 0 atom stereocenters. The Kier molecular flexibility index (Phi) is 2.72. The molecule has 0 aromatic carbocycles. The predicted octanol–water partition coefficient (Wildman–Crippen LogP) is 0.564. The number of aromatic nitrogens is 4. The van der Waals surface area contributed by atoms with E-state index in [1.807, 2.05) is 6.92 Å². The molecule has 0 fully saturated rings. The Balaban J connectivity index is 2.00. The van der Waals surface area contributed by atoms with Gasteiger partial charge in [-0.2, -0.15) is 5.10 Å². The first-order valence-corrected chi connectivity index (χ1v) is 4.92. The lowest BCUT2D eigenvalue weighted by atomic mass is 10.5. The zero-order valence-corrected chi connectivity index (χ0v) is 9.21. The molecule has 16 heavy (non-hydrogen) atoms. The Hall–Kier alpha value is -2.11. The Labute approximate surface area is 92.9 Å². The van der Waals surface area contributed by atoms with Gasteiger partial charge in [-0.1, -0.05) is 0 Å². The van der Waals surface area contributed by atoms with Crippen molar-refractivity contribution in [2.24, 2.45) is 7.05 Å². The van der Waals surface area contributed by atoms with Crippen molar-refractivity contribution in [3.05, 3.63) is 30.5 Å². The summed E-state index contributed by atoms with van der Waals surface area (Å²) in [6, 6.07) is 1.75. The van der Waals surface area contributed by atoms with Crippen LogP contribution in [0.3, 0.4) is 0 Å². The average molecular weight is 219 g/mol. The van der Waals surface area contributed by atoms with E-state index in [0.717, 1.165) is 5.82 Å². The topological polar surface area (TPSA) is 64.7 Å². The quantitative estimate of drug-likeness (QED) is 0.820. The lowest BCUT2D eigenvalue weighted by molar-refractivity contribution is -0.116. The second-order valence-corrected chi connectivity index (χ2v) is 3.49. The first-order chi connectivity index (χ1) is 7.66. The van der Waals surface area contributed by atoms with Gasteiger partial charge in [0, 0.05) is 25.5 Å². The number of nitrogens with one attached hydrogen (secondary N) is 1. The SMILES string of the molecule is Cc1nccn1CC(=O)Nc1ccnn1C. The van der Waals surface area contributed by atoms with Crippen LogP contribution in [0.15, 0.2) is 24.7 Å². The molecule has 0 saturated carbocycles. The summed E-state index contributed by atoms with van der Waals surface area (Å²) in [5.74, 6) is 1.41. The van der Waals surface area contributed by atoms with Gasteiger partial charge in [-0.3, -0.25) is 9.48 Å². The minimum atomic E-state index is -0.0929. The molecule has 1 N–H and O–H groups in total. The Morgan fingerprint density at radius 2 is 2.31 bits per heavy atom. The molecule has 2 rings (SSSR count). The second-order valence-electron chi connectivity index (χ2n) is 3.49. The average Bonchev–Trinajstić information content (AvgIpc) is 2.79. The highest BCUT2D eigenvalue weighted by Crippen LogP contribution is 2.04. The van der Waals surface area contributed by atoms with Gasteiger partial charge in [0.15, 0.2) is 0 Å². The molecule has 6 nitrogen and oxygen atoms in total. The van der Waals surface area contributed by atoms with E-state index in [-0.39, 0.29) is 12.5 Å². The predicted molar refractivity (Wildman–Crippen MR) is 58.8 cm³/mol. The molecule has 2 aromatic rings. The van der Waals surface area contributed by atoms with Crippen molar-refractivity contribution in [1.29, 1.82) is 0 Å². The number of rotatable bonds is 3. The van der Waals surface area contributed by atoms with Gasteiger partial charge in [0.1, 0.15) is 18.2 Å². The molecule has 0 spiro atoms. The van der Waals surface area contributed by atoms with Crippen LogP contribution >= 0.6 is 0 Å². The van der Waals surface area contributed by atoms with Gasteiger partial charge in [-0.15, -0.1) is 0 Å². The molecule has 0 aliphatic rings. The molecule has 2 aromatic heterocycles. The highest BCUT2D eigenvalue weighted by atomic mass is 16.2. The third-order valence-corrected chi connectivity index (χ3v) is 2.33. The number of aryl methyl sites for hydroxylation is 2. The molecule has 6 heteroatoms. The van der Waals surface area contributed by atoms with E-state index in [9.17, 15) is 4.79 Å². The zero-order valence-electron chi connectivity index (χ0n) is 9.21.